The lowest BCUT2D eigenvalue weighted by molar-refractivity contribution is 0.102. The molecule has 1 aliphatic rings. The van der Waals surface area contributed by atoms with Crippen molar-refractivity contribution in [3.05, 3.63) is 77.2 Å². The third-order valence-electron chi connectivity index (χ3n) is 5.80. The fourth-order valence-electron chi connectivity index (χ4n) is 4.23. The fraction of sp³-hybridized carbons (Fsp3) is 0.240. The molecule has 0 unspecified atom stereocenters. The van der Waals surface area contributed by atoms with Gasteiger partial charge in [-0.1, -0.05) is 29.4 Å². The van der Waals surface area contributed by atoms with E-state index in [1.165, 1.54) is 18.9 Å². The smallest absolute Gasteiger partial charge is 0.259 e. The molecular formula is C25H23FN4O2. The number of hydrogen-bond donors (Lipinski definition) is 1. The van der Waals surface area contributed by atoms with Crippen molar-refractivity contribution in [1.29, 1.82) is 0 Å². The number of halogens is 1. The zero-order chi connectivity index (χ0) is 22.1. The summed E-state index contributed by atoms with van der Waals surface area (Å²) in [6.45, 7) is 4.84. The first-order valence-corrected chi connectivity index (χ1v) is 10.7. The summed E-state index contributed by atoms with van der Waals surface area (Å²) >= 11 is 0. The molecule has 0 spiro atoms. The molecular weight excluding hydrogens is 407 g/mol. The maximum atomic E-state index is 14.4. The highest BCUT2D eigenvalue weighted by atomic mass is 19.1. The number of aryl methyl sites for hydroxylation is 1. The molecule has 2 aromatic heterocycles. The minimum atomic E-state index is -0.420. The number of nitrogens with zero attached hydrogens (tertiary/aromatic N) is 3. The standard InChI is InChI=1S/C25H23FN4O2/c1-16-23-20(14-22(28-25(23)32-29-16)19-9-2-3-10-21(19)26)24(31)27-18-8-6-7-17(13-18)15-30-11-4-5-12-30/h2-3,6-10,13-14H,4-5,11-12,15H2,1H3,(H,27,31). The molecule has 1 saturated heterocycles. The number of hydrogen-bond acceptors (Lipinski definition) is 5. The Balaban J connectivity index is 1.48. The van der Waals surface area contributed by atoms with Gasteiger partial charge in [0.25, 0.3) is 11.6 Å². The summed E-state index contributed by atoms with van der Waals surface area (Å²) in [6, 6.07) is 15.8. The molecule has 1 N–H and O–H groups in total. The van der Waals surface area contributed by atoms with E-state index in [1.54, 1.807) is 31.2 Å². The molecule has 1 amide bonds. The van der Waals surface area contributed by atoms with Crippen molar-refractivity contribution in [2.45, 2.75) is 26.3 Å². The van der Waals surface area contributed by atoms with E-state index in [4.69, 9.17) is 4.52 Å². The van der Waals surface area contributed by atoms with Crippen LogP contribution in [0.3, 0.4) is 0 Å². The summed E-state index contributed by atoms with van der Waals surface area (Å²) in [5.41, 5.74) is 3.58. The van der Waals surface area contributed by atoms with E-state index in [2.05, 4.69) is 26.4 Å². The lowest BCUT2D eigenvalue weighted by Gasteiger charge is -2.15. The first-order valence-electron chi connectivity index (χ1n) is 10.7. The van der Waals surface area contributed by atoms with Gasteiger partial charge in [0.1, 0.15) is 5.82 Å². The van der Waals surface area contributed by atoms with E-state index >= 15 is 0 Å². The molecule has 0 bridgehead atoms. The van der Waals surface area contributed by atoms with Gasteiger partial charge >= 0.3 is 0 Å². The Labute approximate surface area is 185 Å². The van der Waals surface area contributed by atoms with Crippen molar-refractivity contribution >= 4 is 22.7 Å². The minimum Gasteiger partial charge on any atom is -0.335 e. The van der Waals surface area contributed by atoms with Gasteiger partial charge in [0, 0.05) is 17.8 Å². The van der Waals surface area contributed by atoms with E-state index < -0.39 is 5.82 Å². The van der Waals surface area contributed by atoms with Crippen molar-refractivity contribution in [2.24, 2.45) is 0 Å². The van der Waals surface area contributed by atoms with Crippen molar-refractivity contribution in [3.63, 3.8) is 0 Å². The van der Waals surface area contributed by atoms with Crippen LogP contribution in [0.4, 0.5) is 10.1 Å². The average molecular weight is 430 g/mol. The number of pyridine rings is 1. The summed E-state index contributed by atoms with van der Waals surface area (Å²) in [4.78, 5) is 20.1. The van der Waals surface area contributed by atoms with Gasteiger partial charge in [-0.05, 0) is 68.8 Å². The van der Waals surface area contributed by atoms with Gasteiger partial charge in [0.2, 0.25) is 0 Å². The van der Waals surface area contributed by atoms with E-state index in [-0.39, 0.29) is 11.6 Å². The second-order valence-corrected chi connectivity index (χ2v) is 8.12. The van der Waals surface area contributed by atoms with Crippen LogP contribution in [-0.4, -0.2) is 34.0 Å². The molecule has 0 saturated carbocycles. The molecule has 3 heterocycles. The number of aromatic nitrogens is 2. The van der Waals surface area contributed by atoms with Crippen LogP contribution in [0.15, 0.2) is 59.1 Å². The molecule has 1 fully saturated rings. The van der Waals surface area contributed by atoms with Crippen LogP contribution in [-0.2, 0) is 6.54 Å². The van der Waals surface area contributed by atoms with Crippen molar-refractivity contribution in [2.75, 3.05) is 18.4 Å². The first kappa shape index (κ1) is 20.3. The number of anilines is 1. The van der Waals surface area contributed by atoms with Gasteiger partial charge in [-0.3, -0.25) is 9.69 Å². The summed E-state index contributed by atoms with van der Waals surface area (Å²) < 4.78 is 19.7. The lowest BCUT2D eigenvalue weighted by atomic mass is 10.0. The molecule has 4 aromatic rings. The molecule has 1 aliphatic heterocycles. The van der Waals surface area contributed by atoms with Gasteiger partial charge in [-0.2, -0.15) is 0 Å². The third kappa shape index (κ3) is 3.99. The summed E-state index contributed by atoms with van der Waals surface area (Å²) in [5, 5.41) is 7.46. The summed E-state index contributed by atoms with van der Waals surface area (Å²) in [7, 11) is 0. The Morgan fingerprint density at radius 3 is 2.75 bits per heavy atom. The average Bonchev–Trinajstić information content (AvgIpc) is 3.43. The Hall–Kier alpha value is -3.58. The zero-order valence-electron chi connectivity index (χ0n) is 17.8. The van der Waals surface area contributed by atoms with Crippen LogP contribution in [0.1, 0.15) is 34.5 Å². The largest absolute Gasteiger partial charge is 0.335 e. The lowest BCUT2D eigenvalue weighted by Crippen LogP contribution is -2.18. The van der Waals surface area contributed by atoms with Gasteiger partial charge in [0.05, 0.1) is 22.3 Å². The summed E-state index contributed by atoms with van der Waals surface area (Å²) in [5.74, 6) is -0.740. The molecule has 2 aromatic carbocycles. The third-order valence-corrected chi connectivity index (χ3v) is 5.80. The van der Waals surface area contributed by atoms with Gasteiger partial charge < -0.3 is 9.84 Å². The maximum absolute atomic E-state index is 14.4. The molecule has 7 heteroatoms. The van der Waals surface area contributed by atoms with Crippen molar-refractivity contribution in [1.82, 2.24) is 15.0 Å². The second-order valence-electron chi connectivity index (χ2n) is 8.12. The van der Waals surface area contributed by atoms with E-state index in [1.807, 2.05) is 18.2 Å². The zero-order valence-corrected chi connectivity index (χ0v) is 17.8. The Morgan fingerprint density at radius 2 is 1.94 bits per heavy atom. The number of amides is 1. The maximum Gasteiger partial charge on any atom is 0.259 e. The Kier molecular flexibility index (Phi) is 5.41. The number of likely N-dealkylation sites (tertiary alicyclic amines) is 1. The number of benzene rings is 2. The summed E-state index contributed by atoms with van der Waals surface area (Å²) in [6.07, 6.45) is 2.47. The van der Waals surface area contributed by atoms with Gasteiger partial charge in [0.15, 0.2) is 0 Å². The van der Waals surface area contributed by atoms with Crippen LogP contribution in [0, 0.1) is 12.7 Å². The fourth-order valence-corrected chi connectivity index (χ4v) is 4.23. The topological polar surface area (TPSA) is 71.3 Å². The highest BCUT2D eigenvalue weighted by molar-refractivity contribution is 6.13. The number of nitrogens with one attached hydrogen (secondary N) is 1. The number of carbonyl (C=O) groups excluding carboxylic acids is 1. The predicted octanol–water partition coefficient (Wildman–Crippen LogP) is 5.19. The van der Waals surface area contributed by atoms with E-state index in [9.17, 15) is 9.18 Å². The molecule has 0 radical (unpaired) electrons. The van der Waals surface area contributed by atoms with Crippen molar-refractivity contribution < 1.29 is 13.7 Å². The Morgan fingerprint density at radius 1 is 1.12 bits per heavy atom. The number of carbonyl (C=O) groups is 1. The molecule has 6 nitrogen and oxygen atoms in total. The quantitative estimate of drug-likeness (QED) is 0.472. The Bertz CT molecular complexity index is 1290. The highest BCUT2D eigenvalue weighted by Gasteiger charge is 2.21. The second kappa shape index (κ2) is 8.51. The minimum absolute atomic E-state index is 0.205. The van der Waals surface area contributed by atoms with Crippen LogP contribution in [0.2, 0.25) is 0 Å². The van der Waals surface area contributed by atoms with Gasteiger partial charge in [-0.15, -0.1) is 0 Å². The van der Waals surface area contributed by atoms with Crippen molar-refractivity contribution in [3.8, 4) is 11.3 Å². The number of fused-ring (bicyclic) bond motifs is 1. The normalized spacial score (nSPS) is 14.2. The first-order chi connectivity index (χ1) is 15.6. The van der Waals surface area contributed by atoms with Crippen LogP contribution < -0.4 is 5.32 Å². The van der Waals surface area contributed by atoms with Crippen LogP contribution in [0.5, 0.6) is 0 Å². The molecule has 5 rings (SSSR count). The highest BCUT2D eigenvalue weighted by Crippen LogP contribution is 2.29. The molecule has 32 heavy (non-hydrogen) atoms. The van der Waals surface area contributed by atoms with Crippen LogP contribution >= 0.6 is 0 Å². The molecule has 0 atom stereocenters. The monoisotopic (exact) mass is 430 g/mol. The SMILES string of the molecule is Cc1noc2nc(-c3ccccc3F)cc(C(=O)Nc3cccc(CN4CCCC4)c3)c12. The molecule has 162 valence electrons. The number of rotatable bonds is 5. The van der Waals surface area contributed by atoms with Gasteiger partial charge in [-0.25, -0.2) is 9.37 Å². The van der Waals surface area contributed by atoms with Crippen LogP contribution in [0.25, 0.3) is 22.4 Å². The van der Waals surface area contributed by atoms with E-state index in [0.29, 0.717) is 33.6 Å². The predicted molar refractivity (Wildman–Crippen MR) is 121 cm³/mol. The molecule has 0 aliphatic carbocycles. The van der Waals surface area contributed by atoms with E-state index in [0.717, 1.165) is 25.2 Å².